The monoisotopic (exact) mass is 264 g/mol. The lowest BCUT2D eigenvalue weighted by atomic mass is 10.1. The highest BCUT2D eigenvalue weighted by molar-refractivity contribution is 7.90. The van der Waals surface area contributed by atoms with Crippen molar-refractivity contribution in [1.82, 2.24) is 4.90 Å². The first-order chi connectivity index (χ1) is 7.90. The molecule has 0 aliphatic rings. The molecule has 0 rings (SSSR count). The van der Waals surface area contributed by atoms with Gasteiger partial charge in [0.25, 0.3) is 0 Å². The Hall–Kier alpha value is -0.130. The summed E-state index contributed by atoms with van der Waals surface area (Å²) in [5, 5.41) is 0. The number of nitrogens with zero attached hydrogens (tertiary/aromatic N) is 1. The SMILES string of the molecule is CCCCCCC(CN)N(C)CCS(C)(=O)=O. The van der Waals surface area contributed by atoms with Crippen LogP contribution in [0.1, 0.15) is 39.0 Å². The molecule has 4 nitrogen and oxygen atoms in total. The maximum absolute atomic E-state index is 11.1. The molecule has 0 bridgehead atoms. The third-order valence-electron chi connectivity index (χ3n) is 3.10. The Kier molecular flexibility index (Phi) is 8.82. The number of sulfone groups is 1. The summed E-state index contributed by atoms with van der Waals surface area (Å²) >= 11 is 0. The van der Waals surface area contributed by atoms with Crippen molar-refractivity contribution in [3.05, 3.63) is 0 Å². The predicted molar refractivity (Wildman–Crippen MR) is 73.9 cm³/mol. The summed E-state index contributed by atoms with van der Waals surface area (Å²) in [4.78, 5) is 2.08. The third-order valence-corrected chi connectivity index (χ3v) is 4.03. The second-order valence-corrected chi connectivity index (χ2v) is 7.11. The maximum Gasteiger partial charge on any atom is 0.148 e. The zero-order valence-electron chi connectivity index (χ0n) is 11.5. The Morgan fingerprint density at radius 1 is 1.24 bits per heavy atom. The van der Waals surface area contributed by atoms with Gasteiger partial charge in [-0.3, -0.25) is 0 Å². The number of rotatable bonds is 10. The molecule has 0 aliphatic carbocycles. The summed E-state index contributed by atoms with van der Waals surface area (Å²) in [6.07, 6.45) is 7.27. The normalized spacial score (nSPS) is 14.2. The number of likely N-dealkylation sites (N-methyl/N-ethyl adjacent to an activating group) is 1. The van der Waals surface area contributed by atoms with Gasteiger partial charge in [0.1, 0.15) is 9.84 Å². The summed E-state index contributed by atoms with van der Waals surface area (Å²) in [5.41, 5.74) is 5.74. The van der Waals surface area contributed by atoms with E-state index in [1.54, 1.807) is 0 Å². The summed E-state index contributed by atoms with van der Waals surface area (Å²) in [6.45, 7) is 3.37. The summed E-state index contributed by atoms with van der Waals surface area (Å²) in [7, 11) is -0.912. The van der Waals surface area contributed by atoms with Crippen LogP contribution in [-0.2, 0) is 9.84 Å². The molecule has 2 N–H and O–H groups in total. The molecule has 0 aliphatic heterocycles. The predicted octanol–water partition coefficient (Wildman–Crippen LogP) is 1.26. The van der Waals surface area contributed by atoms with Crippen molar-refractivity contribution in [1.29, 1.82) is 0 Å². The van der Waals surface area contributed by atoms with Crippen LogP contribution in [0.25, 0.3) is 0 Å². The molecule has 17 heavy (non-hydrogen) atoms. The minimum atomic E-state index is -2.87. The van der Waals surface area contributed by atoms with Crippen LogP contribution in [0, 0.1) is 0 Å². The van der Waals surface area contributed by atoms with Crippen molar-refractivity contribution in [3.63, 3.8) is 0 Å². The number of hydrogen-bond acceptors (Lipinski definition) is 4. The van der Waals surface area contributed by atoms with E-state index in [1.807, 2.05) is 7.05 Å². The van der Waals surface area contributed by atoms with Crippen LogP contribution in [0.2, 0.25) is 0 Å². The Morgan fingerprint density at radius 3 is 2.35 bits per heavy atom. The number of unbranched alkanes of at least 4 members (excludes halogenated alkanes) is 3. The molecule has 0 aromatic rings. The lowest BCUT2D eigenvalue weighted by Gasteiger charge is -2.26. The lowest BCUT2D eigenvalue weighted by molar-refractivity contribution is 0.242. The smallest absolute Gasteiger partial charge is 0.148 e. The van der Waals surface area contributed by atoms with Crippen LogP contribution in [0.3, 0.4) is 0 Å². The molecule has 0 aromatic heterocycles. The molecule has 0 radical (unpaired) electrons. The van der Waals surface area contributed by atoms with Crippen LogP contribution >= 0.6 is 0 Å². The first-order valence-electron chi connectivity index (χ1n) is 6.48. The fraction of sp³-hybridized carbons (Fsp3) is 1.00. The van der Waals surface area contributed by atoms with Gasteiger partial charge in [0.05, 0.1) is 5.75 Å². The second-order valence-electron chi connectivity index (χ2n) is 4.85. The van der Waals surface area contributed by atoms with Crippen molar-refractivity contribution in [2.75, 3.05) is 32.1 Å². The Bertz CT molecular complexity index is 278. The zero-order chi connectivity index (χ0) is 13.3. The molecule has 104 valence electrons. The zero-order valence-corrected chi connectivity index (χ0v) is 12.3. The maximum atomic E-state index is 11.1. The van der Waals surface area contributed by atoms with Gasteiger partial charge in [0, 0.05) is 25.4 Å². The van der Waals surface area contributed by atoms with Gasteiger partial charge in [-0.25, -0.2) is 8.42 Å². The molecule has 0 aromatic carbocycles. The quantitative estimate of drug-likeness (QED) is 0.603. The summed E-state index contributed by atoms with van der Waals surface area (Å²) < 4.78 is 22.2. The first kappa shape index (κ1) is 16.9. The first-order valence-corrected chi connectivity index (χ1v) is 8.54. The van der Waals surface area contributed by atoms with Crippen LogP contribution in [-0.4, -0.2) is 51.5 Å². The van der Waals surface area contributed by atoms with Gasteiger partial charge in [-0.15, -0.1) is 0 Å². The van der Waals surface area contributed by atoms with Crippen molar-refractivity contribution < 1.29 is 8.42 Å². The van der Waals surface area contributed by atoms with E-state index in [4.69, 9.17) is 5.73 Å². The average Bonchev–Trinajstić information content (AvgIpc) is 2.25. The van der Waals surface area contributed by atoms with Crippen molar-refractivity contribution in [2.45, 2.75) is 45.1 Å². The third kappa shape index (κ3) is 9.56. The molecule has 0 spiro atoms. The summed E-state index contributed by atoms with van der Waals surface area (Å²) in [5.74, 6) is 0.217. The van der Waals surface area contributed by atoms with E-state index in [0.29, 0.717) is 19.1 Å². The summed E-state index contributed by atoms with van der Waals surface area (Å²) in [6, 6.07) is 0.314. The standard InChI is InChI=1S/C12H28N2O2S/c1-4-5-6-7-8-12(11-13)14(2)9-10-17(3,15)16/h12H,4-11,13H2,1-3H3. The van der Waals surface area contributed by atoms with Gasteiger partial charge < -0.3 is 10.6 Å². The molecule has 0 fully saturated rings. The molecular formula is C12H28N2O2S. The topological polar surface area (TPSA) is 63.4 Å². The van der Waals surface area contributed by atoms with Crippen molar-refractivity contribution >= 4 is 9.84 Å². The second kappa shape index (κ2) is 8.89. The van der Waals surface area contributed by atoms with Crippen LogP contribution in [0.5, 0.6) is 0 Å². The number of hydrogen-bond donors (Lipinski definition) is 1. The van der Waals surface area contributed by atoms with Crippen molar-refractivity contribution in [2.24, 2.45) is 5.73 Å². The fourth-order valence-corrected chi connectivity index (χ4v) is 2.44. The molecule has 5 heteroatoms. The molecule has 0 saturated carbocycles. The van der Waals surface area contributed by atoms with Gasteiger partial charge in [0.15, 0.2) is 0 Å². The Balaban J connectivity index is 3.91. The van der Waals surface area contributed by atoms with E-state index >= 15 is 0 Å². The largest absolute Gasteiger partial charge is 0.329 e. The highest BCUT2D eigenvalue weighted by Gasteiger charge is 2.14. The highest BCUT2D eigenvalue weighted by atomic mass is 32.2. The number of nitrogens with two attached hydrogens (primary N) is 1. The van der Waals surface area contributed by atoms with Crippen LogP contribution in [0.4, 0.5) is 0 Å². The minimum Gasteiger partial charge on any atom is -0.329 e. The fourth-order valence-electron chi connectivity index (χ4n) is 1.82. The lowest BCUT2D eigenvalue weighted by Crippen LogP contribution is -2.40. The van der Waals surface area contributed by atoms with E-state index in [-0.39, 0.29) is 5.75 Å². The van der Waals surface area contributed by atoms with Crippen LogP contribution < -0.4 is 5.73 Å². The van der Waals surface area contributed by atoms with E-state index in [9.17, 15) is 8.42 Å². The van der Waals surface area contributed by atoms with E-state index in [0.717, 1.165) is 6.42 Å². The van der Waals surface area contributed by atoms with Gasteiger partial charge in [0.2, 0.25) is 0 Å². The van der Waals surface area contributed by atoms with E-state index in [1.165, 1.54) is 31.9 Å². The van der Waals surface area contributed by atoms with Crippen LogP contribution in [0.15, 0.2) is 0 Å². The van der Waals surface area contributed by atoms with E-state index < -0.39 is 9.84 Å². The molecule has 1 atom stereocenters. The van der Waals surface area contributed by atoms with Gasteiger partial charge >= 0.3 is 0 Å². The highest BCUT2D eigenvalue weighted by Crippen LogP contribution is 2.09. The van der Waals surface area contributed by atoms with Gasteiger partial charge in [-0.05, 0) is 13.5 Å². The molecule has 0 heterocycles. The Labute approximate surface area is 106 Å². The molecular weight excluding hydrogens is 236 g/mol. The minimum absolute atomic E-state index is 0.217. The van der Waals surface area contributed by atoms with Gasteiger partial charge in [-0.2, -0.15) is 0 Å². The molecule has 0 saturated heterocycles. The average molecular weight is 264 g/mol. The van der Waals surface area contributed by atoms with E-state index in [2.05, 4.69) is 11.8 Å². The molecule has 1 unspecified atom stereocenters. The molecule has 0 amide bonds. The Morgan fingerprint density at radius 2 is 1.88 bits per heavy atom. The van der Waals surface area contributed by atoms with Crippen molar-refractivity contribution in [3.8, 4) is 0 Å². The van der Waals surface area contributed by atoms with Gasteiger partial charge in [-0.1, -0.05) is 32.6 Å².